The van der Waals surface area contributed by atoms with Crippen molar-refractivity contribution in [3.63, 3.8) is 0 Å². The van der Waals surface area contributed by atoms with Gasteiger partial charge in [-0.15, -0.1) is 0 Å². The van der Waals surface area contributed by atoms with Crippen molar-refractivity contribution in [1.29, 1.82) is 0 Å². The van der Waals surface area contributed by atoms with E-state index in [9.17, 15) is 25.2 Å². The van der Waals surface area contributed by atoms with Gasteiger partial charge in [0.25, 0.3) is 0 Å². The van der Waals surface area contributed by atoms with Crippen LogP contribution in [0.1, 0.15) is 11.1 Å². The van der Waals surface area contributed by atoms with Gasteiger partial charge in [-0.05, 0) is 11.6 Å². The smallest absolute Gasteiger partial charge is 0.312 e. The van der Waals surface area contributed by atoms with E-state index in [1.165, 1.54) is 0 Å². The molecular weight excluding hydrogens is 368 g/mol. The quantitative estimate of drug-likeness (QED) is 0.512. The molecule has 3 rings (SSSR count). The Balaban J connectivity index is 1.69. The Kier molecular flexibility index (Phi) is 6.61. The van der Waals surface area contributed by atoms with Gasteiger partial charge in [0.15, 0.2) is 0 Å². The zero-order chi connectivity index (χ0) is 20.1. The fraction of sp³-hybridized carbons (Fsp3) is 0.350. The predicted octanol–water partition coefficient (Wildman–Crippen LogP) is 0.109. The summed E-state index contributed by atoms with van der Waals surface area (Å²) in [5, 5.41) is 39.7. The van der Waals surface area contributed by atoms with E-state index in [2.05, 4.69) is 0 Å². The molecule has 1 aliphatic rings. The van der Waals surface area contributed by atoms with Gasteiger partial charge in [0.2, 0.25) is 12.6 Å². The highest BCUT2D eigenvalue weighted by atomic mass is 16.8. The molecule has 0 aliphatic carbocycles. The first kappa shape index (κ1) is 20.2. The molecule has 0 unspecified atom stereocenters. The molecule has 0 saturated carbocycles. The van der Waals surface area contributed by atoms with Gasteiger partial charge in [0, 0.05) is 5.56 Å². The van der Waals surface area contributed by atoms with Crippen LogP contribution in [0, 0.1) is 0 Å². The highest BCUT2D eigenvalue weighted by Crippen LogP contribution is 2.27. The van der Waals surface area contributed by atoms with Gasteiger partial charge in [-0.2, -0.15) is 0 Å². The van der Waals surface area contributed by atoms with Crippen molar-refractivity contribution in [3.8, 4) is 5.75 Å². The maximum atomic E-state index is 12.1. The van der Waals surface area contributed by atoms with E-state index in [0.717, 1.165) is 0 Å². The summed E-state index contributed by atoms with van der Waals surface area (Å²) in [7, 11) is 0. The van der Waals surface area contributed by atoms with Crippen molar-refractivity contribution in [1.82, 2.24) is 0 Å². The number of esters is 1. The van der Waals surface area contributed by atoms with E-state index in [-0.39, 0.29) is 18.8 Å². The molecule has 1 aliphatic heterocycles. The highest BCUT2D eigenvalue weighted by Gasteiger charge is 2.47. The lowest BCUT2D eigenvalue weighted by Gasteiger charge is -2.39. The summed E-state index contributed by atoms with van der Waals surface area (Å²) in [5.74, 6) is -0.444. The second-order valence-electron chi connectivity index (χ2n) is 6.38. The van der Waals surface area contributed by atoms with Crippen molar-refractivity contribution < 1.29 is 39.4 Å². The van der Waals surface area contributed by atoms with Crippen molar-refractivity contribution >= 4 is 5.97 Å². The number of rotatable bonds is 6. The molecule has 8 heteroatoms. The van der Waals surface area contributed by atoms with Gasteiger partial charge in [-0.1, -0.05) is 48.5 Å². The number of carbonyl (C=O) groups excluding carboxylic acids is 1. The molecule has 0 spiro atoms. The number of aliphatic hydroxyl groups excluding tert-OH is 4. The number of aliphatic hydroxyl groups is 4. The third kappa shape index (κ3) is 4.67. The fourth-order valence-corrected chi connectivity index (χ4v) is 2.82. The molecule has 28 heavy (non-hydrogen) atoms. The molecule has 150 valence electrons. The van der Waals surface area contributed by atoms with E-state index >= 15 is 0 Å². The Morgan fingerprint density at radius 2 is 1.54 bits per heavy atom. The molecule has 1 heterocycles. The second-order valence-corrected chi connectivity index (χ2v) is 6.38. The predicted molar refractivity (Wildman–Crippen MR) is 95.9 cm³/mol. The first-order valence-electron chi connectivity index (χ1n) is 8.78. The second kappa shape index (κ2) is 9.13. The summed E-state index contributed by atoms with van der Waals surface area (Å²) < 4.78 is 16.1. The summed E-state index contributed by atoms with van der Waals surface area (Å²) in [4.78, 5) is 12.1. The van der Waals surface area contributed by atoms with Gasteiger partial charge in [0.05, 0.1) is 13.0 Å². The average molecular weight is 390 g/mol. The van der Waals surface area contributed by atoms with E-state index in [1.807, 2.05) is 6.07 Å². The lowest BCUT2D eigenvalue weighted by atomic mass is 10.0. The largest absolute Gasteiger partial charge is 0.461 e. The summed E-state index contributed by atoms with van der Waals surface area (Å²) in [6.45, 7) is -0.306. The van der Waals surface area contributed by atoms with Crippen molar-refractivity contribution in [2.24, 2.45) is 0 Å². The van der Waals surface area contributed by atoms with E-state index < -0.39 is 36.9 Å². The van der Waals surface area contributed by atoms with Crippen LogP contribution in [0.25, 0.3) is 0 Å². The highest BCUT2D eigenvalue weighted by molar-refractivity contribution is 5.72. The monoisotopic (exact) mass is 390 g/mol. The molecule has 1 saturated heterocycles. The molecule has 2 aromatic rings. The molecule has 8 nitrogen and oxygen atoms in total. The normalized spacial score (nSPS) is 27.2. The average Bonchev–Trinajstić information content (AvgIpc) is 2.71. The van der Waals surface area contributed by atoms with Crippen LogP contribution >= 0.6 is 0 Å². The molecule has 0 amide bonds. The Hall–Kier alpha value is -2.49. The van der Waals surface area contributed by atoms with Crippen LogP contribution in [0.4, 0.5) is 0 Å². The zero-order valence-electron chi connectivity index (χ0n) is 14.9. The van der Waals surface area contributed by atoms with Crippen LogP contribution in [0.5, 0.6) is 5.75 Å². The number of para-hydroxylation sites is 1. The summed E-state index contributed by atoms with van der Waals surface area (Å²) in [5.41, 5.74) is 1.15. The third-order valence-corrected chi connectivity index (χ3v) is 4.35. The van der Waals surface area contributed by atoms with Crippen LogP contribution in [-0.4, -0.2) is 57.3 Å². The topological polar surface area (TPSA) is 126 Å². The number of carbonyl (C=O) groups is 1. The van der Waals surface area contributed by atoms with E-state index in [4.69, 9.17) is 14.2 Å². The van der Waals surface area contributed by atoms with Crippen LogP contribution in [0.3, 0.4) is 0 Å². The Bertz CT molecular complexity index is 781. The van der Waals surface area contributed by atoms with Crippen LogP contribution in [0.15, 0.2) is 54.6 Å². The van der Waals surface area contributed by atoms with Crippen LogP contribution in [-0.2, 0) is 27.3 Å². The first-order chi connectivity index (χ1) is 13.5. The van der Waals surface area contributed by atoms with Crippen molar-refractivity contribution in [2.75, 3.05) is 0 Å². The molecule has 2 aromatic carbocycles. The SMILES string of the molecule is O=C(Cc1ccccc1)O[C@H]1O[C@@H](Oc2ccccc2CO)[C@H](O)[C@@H](O)[C@@H]1O. The summed E-state index contributed by atoms with van der Waals surface area (Å²) in [6.07, 6.45) is -7.89. The minimum Gasteiger partial charge on any atom is -0.461 e. The van der Waals surface area contributed by atoms with E-state index in [0.29, 0.717) is 11.1 Å². The number of hydrogen-bond acceptors (Lipinski definition) is 8. The first-order valence-corrected chi connectivity index (χ1v) is 8.78. The maximum Gasteiger partial charge on any atom is 0.312 e. The molecular formula is C20H22O8. The lowest BCUT2D eigenvalue weighted by molar-refractivity contribution is -0.324. The van der Waals surface area contributed by atoms with Gasteiger partial charge in [0.1, 0.15) is 24.1 Å². The molecule has 4 N–H and O–H groups in total. The van der Waals surface area contributed by atoms with Gasteiger partial charge < -0.3 is 29.9 Å². The van der Waals surface area contributed by atoms with Crippen LogP contribution < -0.4 is 4.74 Å². The number of hydrogen-bond donors (Lipinski definition) is 4. The minimum absolute atomic E-state index is 0.0507. The lowest BCUT2D eigenvalue weighted by Crippen LogP contribution is -2.60. The molecule has 0 radical (unpaired) electrons. The Labute approximate surface area is 161 Å². The molecule has 5 atom stereocenters. The zero-order valence-corrected chi connectivity index (χ0v) is 14.9. The molecule has 0 bridgehead atoms. The third-order valence-electron chi connectivity index (χ3n) is 4.35. The summed E-state index contributed by atoms with van der Waals surface area (Å²) in [6, 6.07) is 15.4. The standard InChI is InChI=1S/C20H22O8/c21-11-13-8-4-5-9-14(13)26-19-17(24)16(23)18(25)20(28-19)27-15(22)10-12-6-2-1-3-7-12/h1-9,16-21,23-25H,10-11H2/t16-,17-,18+,19-,20+/m1/s1. The summed E-state index contributed by atoms with van der Waals surface area (Å²) >= 11 is 0. The van der Waals surface area contributed by atoms with Crippen molar-refractivity contribution in [3.05, 3.63) is 65.7 Å². The van der Waals surface area contributed by atoms with E-state index in [1.54, 1.807) is 48.5 Å². The Morgan fingerprint density at radius 1 is 0.893 bits per heavy atom. The molecule has 0 aromatic heterocycles. The van der Waals surface area contributed by atoms with Crippen LogP contribution in [0.2, 0.25) is 0 Å². The van der Waals surface area contributed by atoms with Crippen molar-refractivity contribution in [2.45, 2.75) is 43.9 Å². The van der Waals surface area contributed by atoms with Gasteiger partial charge in [-0.3, -0.25) is 9.53 Å². The Morgan fingerprint density at radius 3 is 2.25 bits per heavy atom. The van der Waals surface area contributed by atoms with Gasteiger partial charge >= 0.3 is 5.97 Å². The maximum absolute atomic E-state index is 12.1. The minimum atomic E-state index is -1.66. The molecule has 1 fully saturated rings. The number of ether oxygens (including phenoxy) is 3. The van der Waals surface area contributed by atoms with Gasteiger partial charge in [-0.25, -0.2) is 0 Å². The number of benzene rings is 2. The fourth-order valence-electron chi connectivity index (χ4n) is 2.82.